The summed E-state index contributed by atoms with van der Waals surface area (Å²) in [5.41, 5.74) is 3.69. The number of nitrogens with one attached hydrogen (secondary N) is 1. The summed E-state index contributed by atoms with van der Waals surface area (Å²) in [7, 11) is 1.84. The number of anilines is 1. The minimum absolute atomic E-state index is 0.00971. The smallest absolute Gasteiger partial charge is 0.320 e. The largest absolute Gasteiger partial charge is 0.322 e. The first kappa shape index (κ1) is 19.0. The van der Waals surface area contributed by atoms with E-state index in [1.54, 1.807) is 11.1 Å². The van der Waals surface area contributed by atoms with Crippen molar-refractivity contribution in [1.82, 2.24) is 19.7 Å². The summed E-state index contributed by atoms with van der Waals surface area (Å²) < 4.78 is 1.90. The molecule has 1 N–H and O–H groups in total. The van der Waals surface area contributed by atoms with E-state index in [2.05, 4.69) is 22.3 Å². The summed E-state index contributed by atoms with van der Waals surface area (Å²) in [4.78, 5) is 18.8. The minimum Gasteiger partial charge on any atom is -0.320 e. The Bertz CT molecular complexity index is 695. The molecule has 2 aromatic rings. The number of unbranched alkanes of at least 4 members (excludes halogenated alkanes) is 1. The zero-order valence-corrected chi connectivity index (χ0v) is 15.9. The number of hydrogen-bond donors (Lipinski definition) is 1. The first-order valence-corrected chi connectivity index (χ1v) is 8.97. The molecule has 6 nitrogen and oxygen atoms in total. The fourth-order valence-electron chi connectivity index (χ4n) is 3.08. The molecule has 136 valence electrons. The number of hydrogen-bond acceptors (Lipinski definition) is 3. The molecule has 0 saturated heterocycles. The van der Waals surface area contributed by atoms with E-state index in [9.17, 15) is 4.79 Å². The molecule has 2 heterocycles. The minimum atomic E-state index is -0.119. The highest BCUT2D eigenvalue weighted by atomic mass is 16.2. The predicted molar refractivity (Wildman–Crippen MR) is 101 cm³/mol. The van der Waals surface area contributed by atoms with Crippen LogP contribution >= 0.6 is 0 Å². The Labute approximate surface area is 150 Å². The Morgan fingerprint density at radius 1 is 1.36 bits per heavy atom. The number of carbonyl (C=O) groups is 1. The van der Waals surface area contributed by atoms with Crippen molar-refractivity contribution in [1.29, 1.82) is 0 Å². The van der Waals surface area contributed by atoms with Crippen LogP contribution in [-0.4, -0.2) is 32.7 Å². The van der Waals surface area contributed by atoms with E-state index in [0.29, 0.717) is 0 Å². The molecule has 2 rings (SSSR count). The zero-order chi connectivity index (χ0) is 18.4. The average molecular weight is 343 g/mol. The summed E-state index contributed by atoms with van der Waals surface area (Å²) in [6, 6.07) is 3.84. The average Bonchev–Trinajstić information content (AvgIpc) is 2.90. The molecule has 0 saturated carbocycles. The third-order valence-electron chi connectivity index (χ3n) is 4.60. The lowest BCUT2D eigenvalue weighted by molar-refractivity contribution is 0.199. The van der Waals surface area contributed by atoms with E-state index in [1.807, 2.05) is 50.8 Å². The summed E-state index contributed by atoms with van der Waals surface area (Å²) in [6.07, 6.45) is 6.66. The lowest BCUT2D eigenvalue weighted by Crippen LogP contribution is -2.35. The number of aromatic nitrogens is 3. The maximum absolute atomic E-state index is 12.8. The number of nitrogens with zero attached hydrogens (tertiary/aromatic N) is 4. The quantitative estimate of drug-likeness (QED) is 0.815. The predicted octanol–water partition coefficient (Wildman–Crippen LogP) is 4.31. The highest BCUT2D eigenvalue weighted by Crippen LogP contribution is 2.26. The maximum Gasteiger partial charge on any atom is 0.322 e. The molecule has 0 spiro atoms. The second kappa shape index (κ2) is 8.65. The van der Waals surface area contributed by atoms with Crippen molar-refractivity contribution >= 4 is 11.7 Å². The molecule has 0 bridgehead atoms. The second-order valence-corrected chi connectivity index (χ2v) is 6.35. The van der Waals surface area contributed by atoms with Crippen LogP contribution in [0.4, 0.5) is 10.5 Å². The number of pyridine rings is 1. The van der Waals surface area contributed by atoms with Crippen molar-refractivity contribution < 1.29 is 4.79 Å². The molecular formula is C19H29N5O. The van der Waals surface area contributed by atoms with Crippen LogP contribution in [0.2, 0.25) is 0 Å². The van der Waals surface area contributed by atoms with Crippen molar-refractivity contribution in [3.8, 4) is 0 Å². The van der Waals surface area contributed by atoms with Gasteiger partial charge in [-0.1, -0.05) is 25.8 Å². The van der Waals surface area contributed by atoms with Gasteiger partial charge in [0, 0.05) is 26.0 Å². The van der Waals surface area contributed by atoms with Crippen LogP contribution < -0.4 is 5.32 Å². The summed E-state index contributed by atoms with van der Waals surface area (Å²) in [5, 5.41) is 7.51. The third-order valence-corrected chi connectivity index (χ3v) is 4.60. The van der Waals surface area contributed by atoms with Gasteiger partial charge in [0.05, 0.1) is 23.1 Å². The van der Waals surface area contributed by atoms with Crippen LogP contribution in [0, 0.1) is 13.8 Å². The number of amides is 2. The Morgan fingerprint density at radius 3 is 2.68 bits per heavy atom. The van der Waals surface area contributed by atoms with Gasteiger partial charge in [0.25, 0.3) is 0 Å². The monoisotopic (exact) mass is 343 g/mol. The van der Waals surface area contributed by atoms with E-state index in [0.717, 1.165) is 48.4 Å². The van der Waals surface area contributed by atoms with Gasteiger partial charge in [-0.05, 0) is 38.8 Å². The SMILES string of the molecule is CCCC[C@H](c1cccnc1)N(C)C(=O)Nc1c(C)nn(CC)c1C. The molecule has 6 heteroatoms. The van der Waals surface area contributed by atoms with Crippen molar-refractivity contribution in [3.05, 3.63) is 41.5 Å². The normalized spacial score (nSPS) is 12.0. The first-order chi connectivity index (χ1) is 12.0. The highest BCUT2D eigenvalue weighted by molar-refractivity contribution is 5.90. The van der Waals surface area contributed by atoms with Gasteiger partial charge in [0.1, 0.15) is 0 Å². The Morgan fingerprint density at radius 2 is 2.12 bits per heavy atom. The molecule has 0 fully saturated rings. The standard InChI is InChI=1S/C19H29N5O/c1-6-8-11-17(16-10-9-12-20-13-16)23(5)19(25)21-18-14(3)22-24(7-2)15(18)4/h9-10,12-13,17H,6-8,11H2,1-5H3,(H,21,25)/t17-/m1/s1. The van der Waals surface area contributed by atoms with Crippen LogP contribution in [0.15, 0.2) is 24.5 Å². The van der Waals surface area contributed by atoms with Gasteiger partial charge in [-0.3, -0.25) is 9.67 Å². The van der Waals surface area contributed by atoms with Gasteiger partial charge in [-0.15, -0.1) is 0 Å². The van der Waals surface area contributed by atoms with Crippen LogP contribution in [0.5, 0.6) is 0 Å². The molecule has 1 atom stereocenters. The van der Waals surface area contributed by atoms with E-state index < -0.39 is 0 Å². The molecule has 2 amide bonds. The molecule has 25 heavy (non-hydrogen) atoms. The molecule has 2 aromatic heterocycles. The van der Waals surface area contributed by atoms with Crippen LogP contribution in [0.3, 0.4) is 0 Å². The molecule has 0 aliphatic carbocycles. The molecule has 0 radical (unpaired) electrons. The fraction of sp³-hybridized carbons (Fsp3) is 0.526. The summed E-state index contributed by atoms with van der Waals surface area (Å²) in [6.45, 7) is 8.89. The van der Waals surface area contributed by atoms with E-state index in [4.69, 9.17) is 0 Å². The molecule has 0 aromatic carbocycles. The van der Waals surface area contributed by atoms with Crippen LogP contribution in [0.1, 0.15) is 56.1 Å². The van der Waals surface area contributed by atoms with Gasteiger partial charge in [-0.2, -0.15) is 5.10 Å². The Kier molecular flexibility index (Phi) is 6.56. The maximum atomic E-state index is 12.8. The molecular weight excluding hydrogens is 314 g/mol. The van der Waals surface area contributed by atoms with Gasteiger partial charge in [0.2, 0.25) is 0 Å². The number of urea groups is 1. The topological polar surface area (TPSA) is 63.1 Å². The van der Waals surface area contributed by atoms with Crippen molar-refractivity contribution in [2.75, 3.05) is 12.4 Å². The van der Waals surface area contributed by atoms with Crippen molar-refractivity contribution in [2.45, 2.75) is 59.5 Å². The lowest BCUT2D eigenvalue weighted by Gasteiger charge is -2.28. The summed E-state index contributed by atoms with van der Waals surface area (Å²) in [5.74, 6) is 0. The number of rotatable bonds is 7. The van der Waals surface area contributed by atoms with Gasteiger partial charge >= 0.3 is 6.03 Å². The van der Waals surface area contributed by atoms with Gasteiger partial charge in [0.15, 0.2) is 0 Å². The number of aryl methyl sites for hydroxylation is 2. The molecule has 0 unspecified atom stereocenters. The molecule has 0 aliphatic heterocycles. The summed E-state index contributed by atoms with van der Waals surface area (Å²) >= 11 is 0. The van der Waals surface area contributed by atoms with Gasteiger partial charge in [-0.25, -0.2) is 4.79 Å². The van der Waals surface area contributed by atoms with E-state index >= 15 is 0 Å². The van der Waals surface area contributed by atoms with Crippen LogP contribution in [-0.2, 0) is 6.54 Å². The first-order valence-electron chi connectivity index (χ1n) is 8.97. The zero-order valence-electron chi connectivity index (χ0n) is 15.9. The van der Waals surface area contributed by atoms with Crippen molar-refractivity contribution in [2.24, 2.45) is 0 Å². The van der Waals surface area contributed by atoms with E-state index in [-0.39, 0.29) is 12.1 Å². The van der Waals surface area contributed by atoms with Crippen molar-refractivity contribution in [3.63, 3.8) is 0 Å². The fourth-order valence-corrected chi connectivity index (χ4v) is 3.08. The Hall–Kier alpha value is -2.37. The number of carbonyl (C=O) groups excluding carboxylic acids is 1. The van der Waals surface area contributed by atoms with E-state index in [1.165, 1.54) is 0 Å². The molecule has 0 aliphatic rings. The Balaban J connectivity index is 2.19. The highest BCUT2D eigenvalue weighted by Gasteiger charge is 2.23. The lowest BCUT2D eigenvalue weighted by atomic mass is 10.0. The van der Waals surface area contributed by atoms with Gasteiger partial charge < -0.3 is 10.2 Å². The van der Waals surface area contributed by atoms with Crippen LogP contribution in [0.25, 0.3) is 0 Å². The third kappa shape index (κ3) is 4.38. The second-order valence-electron chi connectivity index (χ2n) is 6.35.